The van der Waals surface area contributed by atoms with Crippen LogP contribution in [-0.4, -0.2) is 0 Å². The third kappa shape index (κ3) is 2.21. The third-order valence-electron chi connectivity index (χ3n) is 2.42. The van der Waals surface area contributed by atoms with Gasteiger partial charge in [0.2, 0.25) is 0 Å². The van der Waals surface area contributed by atoms with Gasteiger partial charge in [-0.3, -0.25) is 0 Å². The Kier molecular flexibility index (Phi) is 3.30. The molecule has 0 fully saturated rings. The van der Waals surface area contributed by atoms with E-state index in [0.717, 1.165) is 12.8 Å². The largest absolute Gasteiger partial charge is 0.0955 e. The van der Waals surface area contributed by atoms with Gasteiger partial charge in [-0.05, 0) is 36.5 Å². The zero-order chi connectivity index (χ0) is 9.84. The molecule has 0 N–H and O–H groups in total. The molecule has 0 nitrogen and oxygen atoms in total. The van der Waals surface area contributed by atoms with Crippen LogP contribution in [0.4, 0.5) is 0 Å². The lowest BCUT2D eigenvalue weighted by Gasteiger charge is -2.09. The minimum Gasteiger partial charge on any atom is -0.0955 e. The molecule has 0 saturated heterocycles. The van der Waals surface area contributed by atoms with Crippen molar-refractivity contribution in [1.82, 2.24) is 0 Å². The number of hydrogen-bond donors (Lipinski definition) is 0. The summed E-state index contributed by atoms with van der Waals surface area (Å²) in [6.45, 7) is 10.5. The predicted molar refractivity (Wildman–Crippen MR) is 59.9 cm³/mol. The Morgan fingerprint density at radius 3 is 2.38 bits per heavy atom. The first-order valence-electron chi connectivity index (χ1n) is 4.96. The van der Waals surface area contributed by atoms with Crippen LogP contribution in [0.5, 0.6) is 0 Å². The van der Waals surface area contributed by atoms with Gasteiger partial charge < -0.3 is 0 Å². The van der Waals surface area contributed by atoms with Crippen LogP contribution in [0.2, 0.25) is 0 Å². The average Bonchev–Trinajstić information content (AvgIpc) is 2.16. The lowest BCUT2D eigenvalue weighted by molar-refractivity contribution is 1.09. The molecule has 1 rings (SSSR count). The molecule has 0 bridgehead atoms. The van der Waals surface area contributed by atoms with Gasteiger partial charge in [-0.1, -0.05) is 44.2 Å². The summed E-state index contributed by atoms with van der Waals surface area (Å²) in [5.41, 5.74) is 5.31. The first-order valence-corrected chi connectivity index (χ1v) is 4.96. The number of allylic oxidation sites excluding steroid dienone is 1. The van der Waals surface area contributed by atoms with Crippen molar-refractivity contribution < 1.29 is 0 Å². The van der Waals surface area contributed by atoms with Gasteiger partial charge in [0.25, 0.3) is 0 Å². The Morgan fingerprint density at radius 1 is 1.23 bits per heavy atom. The molecule has 1 aromatic rings. The minimum atomic E-state index is 1.09. The van der Waals surface area contributed by atoms with Crippen molar-refractivity contribution in [3.63, 3.8) is 0 Å². The molecule has 0 unspecified atom stereocenters. The van der Waals surface area contributed by atoms with Crippen LogP contribution in [0.15, 0.2) is 24.8 Å². The molecule has 0 atom stereocenters. The number of aryl methyl sites for hydroxylation is 2. The van der Waals surface area contributed by atoms with Gasteiger partial charge in [0.1, 0.15) is 0 Å². The van der Waals surface area contributed by atoms with Crippen LogP contribution >= 0.6 is 0 Å². The van der Waals surface area contributed by atoms with Crippen LogP contribution in [0.1, 0.15) is 37.5 Å². The highest BCUT2D eigenvalue weighted by Gasteiger charge is 2.01. The summed E-state index contributed by atoms with van der Waals surface area (Å²) >= 11 is 0. The average molecular weight is 174 g/mol. The van der Waals surface area contributed by atoms with E-state index in [-0.39, 0.29) is 0 Å². The maximum absolute atomic E-state index is 4.01. The van der Waals surface area contributed by atoms with E-state index in [2.05, 4.69) is 45.5 Å². The molecule has 1 aromatic carbocycles. The van der Waals surface area contributed by atoms with Crippen molar-refractivity contribution in [3.05, 3.63) is 41.5 Å². The monoisotopic (exact) mass is 174 g/mol. The zero-order valence-electron chi connectivity index (χ0n) is 8.85. The highest BCUT2D eigenvalue weighted by molar-refractivity contribution is 5.65. The summed E-state index contributed by atoms with van der Waals surface area (Å²) in [7, 11) is 0. The molecule has 0 radical (unpaired) electrons. The molecule has 0 aliphatic heterocycles. The molecule has 70 valence electrons. The van der Waals surface area contributed by atoms with Crippen LogP contribution in [0.25, 0.3) is 5.57 Å². The Morgan fingerprint density at radius 2 is 1.92 bits per heavy atom. The van der Waals surface area contributed by atoms with Crippen molar-refractivity contribution in [2.24, 2.45) is 0 Å². The van der Waals surface area contributed by atoms with E-state index in [4.69, 9.17) is 0 Å². The molecule has 0 aromatic heterocycles. The van der Waals surface area contributed by atoms with Crippen LogP contribution in [-0.2, 0) is 12.8 Å². The van der Waals surface area contributed by atoms with E-state index in [9.17, 15) is 0 Å². The van der Waals surface area contributed by atoms with E-state index >= 15 is 0 Å². The van der Waals surface area contributed by atoms with Gasteiger partial charge in [0, 0.05) is 0 Å². The molecule has 0 heterocycles. The molecular weight excluding hydrogens is 156 g/mol. The fourth-order valence-electron chi connectivity index (χ4n) is 1.55. The van der Waals surface area contributed by atoms with Crippen LogP contribution in [0.3, 0.4) is 0 Å². The molecule has 0 spiro atoms. The van der Waals surface area contributed by atoms with Crippen molar-refractivity contribution in [1.29, 1.82) is 0 Å². The van der Waals surface area contributed by atoms with Gasteiger partial charge in [-0.25, -0.2) is 0 Å². The van der Waals surface area contributed by atoms with Crippen molar-refractivity contribution in [2.75, 3.05) is 0 Å². The maximum Gasteiger partial charge on any atom is -0.0198 e. The van der Waals surface area contributed by atoms with Gasteiger partial charge in [-0.15, -0.1) is 0 Å². The highest BCUT2D eigenvalue weighted by Crippen LogP contribution is 2.20. The standard InChI is InChI=1S/C13H18/c1-5-11-7-8-12(6-2)13(9-11)10(3)4/h7-9H,3,5-6H2,1-2,4H3. The Bertz CT molecular complexity index is 308. The second kappa shape index (κ2) is 4.27. The predicted octanol–water partition coefficient (Wildman–Crippen LogP) is 3.84. The summed E-state index contributed by atoms with van der Waals surface area (Å²) in [5, 5.41) is 0. The van der Waals surface area contributed by atoms with Crippen molar-refractivity contribution in [3.8, 4) is 0 Å². The highest BCUT2D eigenvalue weighted by atomic mass is 14.1. The maximum atomic E-state index is 4.01. The smallest absolute Gasteiger partial charge is 0.0198 e. The zero-order valence-corrected chi connectivity index (χ0v) is 8.85. The fourth-order valence-corrected chi connectivity index (χ4v) is 1.55. The van der Waals surface area contributed by atoms with Crippen molar-refractivity contribution in [2.45, 2.75) is 33.6 Å². The van der Waals surface area contributed by atoms with Gasteiger partial charge in [-0.2, -0.15) is 0 Å². The molecular formula is C13H18. The Labute approximate surface area is 81.3 Å². The topological polar surface area (TPSA) is 0 Å². The molecule has 0 saturated carbocycles. The fraction of sp³-hybridized carbons (Fsp3) is 0.385. The Hall–Kier alpha value is -1.04. The summed E-state index contributed by atoms with van der Waals surface area (Å²) in [6, 6.07) is 6.70. The molecule has 0 amide bonds. The molecule has 0 aliphatic rings. The van der Waals surface area contributed by atoms with E-state index < -0.39 is 0 Å². The summed E-state index contributed by atoms with van der Waals surface area (Å²) in [4.78, 5) is 0. The van der Waals surface area contributed by atoms with E-state index in [1.54, 1.807) is 0 Å². The number of hydrogen-bond acceptors (Lipinski definition) is 0. The molecule has 0 aliphatic carbocycles. The molecule has 13 heavy (non-hydrogen) atoms. The number of benzene rings is 1. The summed E-state index contributed by atoms with van der Waals surface area (Å²) in [5.74, 6) is 0. The minimum absolute atomic E-state index is 1.09. The third-order valence-corrected chi connectivity index (χ3v) is 2.42. The summed E-state index contributed by atoms with van der Waals surface area (Å²) < 4.78 is 0. The van der Waals surface area contributed by atoms with E-state index in [0.29, 0.717) is 0 Å². The SMILES string of the molecule is C=C(C)c1cc(CC)ccc1CC. The quantitative estimate of drug-likeness (QED) is 0.653. The van der Waals surface area contributed by atoms with Gasteiger partial charge >= 0.3 is 0 Å². The summed E-state index contributed by atoms with van der Waals surface area (Å²) in [6.07, 6.45) is 2.19. The first kappa shape index (κ1) is 10.0. The lowest BCUT2D eigenvalue weighted by Crippen LogP contribution is -1.91. The van der Waals surface area contributed by atoms with Crippen LogP contribution in [0, 0.1) is 0 Å². The second-order valence-corrected chi connectivity index (χ2v) is 3.48. The van der Waals surface area contributed by atoms with Gasteiger partial charge in [0.05, 0.1) is 0 Å². The Balaban J connectivity index is 3.18. The first-order chi connectivity index (χ1) is 6.19. The number of rotatable bonds is 3. The van der Waals surface area contributed by atoms with E-state index in [1.165, 1.54) is 22.3 Å². The van der Waals surface area contributed by atoms with Crippen molar-refractivity contribution >= 4 is 5.57 Å². The normalized spacial score (nSPS) is 10.1. The second-order valence-electron chi connectivity index (χ2n) is 3.48. The lowest BCUT2D eigenvalue weighted by atomic mass is 9.97. The van der Waals surface area contributed by atoms with E-state index in [1.807, 2.05) is 0 Å². The van der Waals surface area contributed by atoms with Gasteiger partial charge in [0.15, 0.2) is 0 Å². The molecule has 0 heteroatoms. The van der Waals surface area contributed by atoms with Crippen LogP contribution < -0.4 is 0 Å².